The maximum absolute atomic E-state index is 12.7. The molecule has 1 saturated carbocycles. The van der Waals surface area contributed by atoms with Crippen molar-refractivity contribution in [1.29, 1.82) is 0 Å². The molecule has 1 N–H and O–H groups in total. The van der Waals surface area contributed by atoms with Crippen LogP contribution in [-0.4, -0.2) is 54.7 Å². The van der Waals surface area contributed by atoms with Crippen molar-refractivity contribution in [3.05, 3.63) is 29.8 Å². The summed E-state index contributed by atoms with van der Waals surface area (Å²) in [6, 6.07) is 7.10. The van der Waals surface area contributed by atoms with Crippen LogP contribution in [0.3, 0.4) is 0 Å². The van der Waals surface area contributed by atoms with Crippen LogP contribution >= 0.6 is 11.8 Å². The molecule has 4 atom stereocenters. The highest BCUT2D eigenvalue weighted by atomic mass is 32.2. The van der Waals surface area contributed by atoms with Gasteiger partial charge in [0.2, 0.25) is 5.91 Å². The highest BCUT2D eigenvalue weighted by molar-refractivity contribution is 8.00. The van der Waals surface area contributed by atoms with Gasteiger partial charge in [0, 0.05) is 25.0 Å². The van der Waals surface area contributed by atoms with Gasteiger partial charge < -0.3 is 15.0 Å². The molecule has 0 aliphatic heterocycles. The van der Waals surface area contributed by atoms with Crippen LogP contribution in [0.15, 0.2) is 29.2 Å². The van der Waals surface area contributed by atoms with E-state index in [1.807, 2.05) is 0 Å². The van der Waals surface area contributed by atoms with Gasteiger partial charge in [-0.25, -0.2) is 4.79 Å². The molecule has 29 heavy (non-hydrogen) atoms. The van der Waals surface area contributed by atoms with Gasteiger partial charge >= 0.3 is 5.97 Å². The van der Waals surface area contributed by atoms with E-state index in [-0.39, 0.29) is 23.6 Å². The van der Waals surface area contributed by atoms with Crippen LogP contribution in [-0.2, 0) is 14.3 Å². The van der Waals surface area contributed by atoms with E-state index in [4.69, 9.17) is 4.74 Å². The molecule has 160 valence electrons. The van der Waals surface area contributed by atoms with Crippen molar-refractivity contribution in [3.8, 4) is 0 Å². The summed E-state index contributed by atoms with van der Waals surface area (Å²) in [6.07, 6.45) is 2.36. The third kappa shape index (κ3) is 6.49. The fourth-order valence-electron chi connectivity index (χ4n) is 3.39. The summed E-state index contributed by atoms with van der Waals surface area (Å²) >= 11 is 1.28. The molecule has 0 saturated heterocycles. The summed E-state index contributed by atoms with van der Waals surface area (Å²) in [5, 5.41) is 3.05. The number of carbonyl (C=O) groups excluding carboxylic acids is 3. The average Bonchev–Trinajstić information content (AvgIpc) is 2.69. The Bertz CT molecular complexity index is 737. The summed E-state index contributed by atoms with van der Waals surface area (Å²) in [4.78, 5) is 39.2. The molecule has 1 aromatic carbocycles. The maximum atomic E-state index is 12.7. The number of amides is 2. The Balaban J connectivity index is 1.97. The molecule has 0 spiro atoms. The third-order valence-electron chi connectivity index (χ3n) is 5.64. The number of benzene rings is 1. The maximum Gasteiger partial charge on any atom is 0.340 e. The SMILES string of the molecule is C[C@@H]1[C@H](C)CCC[C@H]1NC(=O)[C@@H](C)OC(=O)c1ccccc1SCC(=O)N(C)C. The van der Waals surface area contributed by atoms with E-state index in [0.717, 1.165) is 12.8 Å². The summed E-state index contributed by atoms with van der Waals surface area (Å²) in [5.74, 6) is 0.338. The van der Waals surface area contributed by atoms with Gasteiger partial charge in [-0.3, -0.25) is 9.59 Å². The van der Waals surface area contributed by atoms with Gasteiger partial charge in [0.15, 0.2) is 6.10 Å². The van der Waals surface area contributed by atoms with Gasteiger partial charge in [-0.2, -0.15) is 0 Å². The molecule has 1 fully saturated rings. The molecule has 2 rings (SSSR count). The lowest BCUT2D eigenvalue weighted by Crippen LogP contribution is -2.47. The minimum absolute atomic E-state index is 0.0400. The molecule has 6 nitrogen and oxygen atoms in total. The van der Waals surface area contributed by atoms with Crippen LogP contribution in [0.5, 0.6) is 0 Å². The second kappa shape index (κ2) is 10.7. The summed E-state index contributed by atoms with van der Waals surface area (Å²) < 4.78 is 5.44. The van der Waals surface area contributed by atoms with E-state index in [1.165, 1.54) is 23.1 Å². The molecule has 7 heteroatoms. The van der Waals surface area contributed by atoms with Crippen LogP contribution in [0.1, 0.15) is 50.4 Å². The number of ether oxygens (including phenoxy) is 1. The van der Waals surface area contributed by atoms with Crippen molar-refractivity contribution in [2.45, 2.75) is 57.1 Å². The molecular formula is C22H32N2O4S. The monoisotopic (exact) mass is 420 g/mol. The molecule has 0 aromatic heterocycles. The standard InChI is InChI=1S/C22H32N2O4S/c1-14-9-8-11-18(15(14)2)23-21(26)16(3)28-22(27)17-10-6-7-12-19(17)29-13-20(25)24(4)5/h6-7,10,12,14-16,18H,8-9,11,13H2,1-5H3,(H,23,26)/t14-,15-,16-,18-/m1/s1. The predicted molar refractivity (Wildman–Crippen MR) is 115 cm³/mol. The molecule has 0 unspecified atom stereocenters. The molecule has 1 aliphatic rings. The van der Waals surface area contributed by atoms with Gasteiger partial charge in [-0.15, -0.1) is 11.8 Å². The van der Waals surface area contributed by atoms with Crippen LogP contribution in [0.25, 0.3) is 0 Å². The molecule has 0 radical (unpaired) electrons. The van der Waals surface area contributed by atoms with Crippen molar-refractivity contribution >= 4 is 29.5 Å². The van der Waals surface area contributed by atoms with Crippen LogP contribution < -0.4 is 5.32 Å². The largest absolute Gasteiger partial charge is 0.449 e. The van der Waals surface area contributed by atoms with Gasteiger partial charge in [-0.1, -0.05) is 38.8 Å². The van der Waals surface area contributed by atoms with E-state index in [2.05, 4.69) is 19.2 Å². The first-order valence-electron chi connectivity index (χ1n) is 10.1. The van der Waals surface area contributed by atoms with Gasteiger partial charge in [0.05, 0.1) is 11.3 Å². The molecule has 0 heterocycles. The van der Waals surface area contributed by atoms with Gasteiger partial charge in [0.25, 0.3) is 5.91 Å². The van der Waals surface area contributed by atoms with E-state index in [9.17, 15) is 14.4 Å². The number of carbonyl (C=O) groups is 3. The Morgan fingerprint density at radius 3 is 2.59 bits per heavy atom. The van der Waals surface area contributed by atoms with Crippen LogP contribution in [0.4, 0.5) is 0 Å². The third-order valence-corrected chi connectivity index (χ3v) is 6.70. The zero-order valence-corrected chi connectivity index (χ0v) is 18.8. The summed E-state index contributed by atoms with van der Waals surface area (Å²) in [7, 11) is 3.38. The van der Waals surface area contributed by atoms with E-state index >= 15 is 0 Å². The number of hydrogen-bond acceptors (Lipinski definition) is 5. The Kier molecular flexibility index (Phi) is 8.56. The highest BCUT2D eigenvalue weighted by Gasteiger charge is 2.30. The zero-order valence-electron chi connectivity index (χ0n) is 17.9. The number of nitrogens with one attached hydrogen (secondary N) is 1. The first-order chi connectivity index (χ1) is 13.7. The Labute approximate surface area is 177 Å². The second-order valence-electron chi connectivity index (χ2n) is 8.00. The Morgan fingerprint density at radius 1 is 1.21 bits per heavy atom. The van der Waals surface area contributed by atoms with Crippen molar-refractivity contribution in [2.75, 3.05) is 19.8 Å². The summed E-state index contributed by atoms with van der Waals surface area (Å²) in [5.41, 5.74) is 0.364. The quantitative estimate of drug-likeness (QED) is 0.541. The smallest absolute Gasteiger partial charge is 0.340 e. The van der Waals surface area contributed by atoms with Crippen molar-refractivity contribution in [1.82, 2.24) is 10.2 Å². The lowest BCUT2D eigenvalue weighted by molar-refractivity contribution is -0.130. The number of rotatable bonds is 7. The minimum Gasteiger partial charge on any atom is -0.449 e. The second-order valence-corrected chi connectivity index (χ2v) is 9.02. The van der Waals surface area contributed by atoms with Gasteiger partial charge in [0.1, 0.15) is 0 Å². The van der Waals surface area contributed by atoms with Gasteiger partial charge in [-0.05, 0) is 37.3 Å². The molecular weight excluding hydrogens is 388 g/mol. The van der Waals surface area contributed by atoms with E-state index in [1.54, 1.807) is 45.3 Å². The fraction of sp³-hybridized carbons (Fsp3) is 0.591. The molecule has 1 aromatic rings. The normalized spacial score (nSPS) is 22.4. The first-order valence-corrected chi connectivity index (χ1v) is 11.1. The number of esters is 1. The van der Waals surface area contributed by atoms with Crippen LogP contribution in [0.2, 0.25) is 0 Å². The fourth-order valence-corrected chi connectivity index (χ4v) is 4.41. The van der Waals surface area contributed by atoms with Crippen molar-refractivity contribution < 1.29 is 19.1 Å². The first kappa shape index (κ1) is 23.3. The van der Waals surface area contributed by atoms with Crippen molar-refractivity contribution in [3.63, 3.8) is 0 Å². The highest BCUT2D eigenvalue weighted by Crippen LogP contribution is 2.29. The average molecular weight is 421 g/mol. The number of hydrogen-bond donors (Lipinski definition) is 1. The van der Waals surface area contributed by atoms with Crippen molar-refractivity contribution in [2.24, 2.45) is 11.8 Å². The molecule has 0 bridgehead atoms. The molecule has 2 amide bonds. The zero-order chi connectivity index (χ0) is 21.6. The lowest BCUT2D eigenvalue weighted by atomic mass is 9.78. The number of thioether (sulfide) groups is 1. The Morgan fingerprint density at radius 2 is 1.90 bits per heavy atom. The van der Waals surface area contributed by atoms with E-state index < -0.39 is 12.1 Å². The topological polar surface area (TPSA) is 75.7 Å². The van der Waals surface area contributed by atoms with Crippen LogP contribution in [0, 0.1) is 11.8 Å². The number of nitrogens with zero attached hydrogens (tertiary/aromatic N) is 1. The summed E-state index contributed by atoms with van der Waals surface area (Å²) in [6.45, 7) is 5.96. The molecule has 1 aliphatic carbocycles. The minimum atomic E-state index is -0.881. The lowest BCUT2D eigenvalue weighted by Gasteiger charge is -2.35. The Hall–Kier alpha value is -2.02. The van der Waals surface area contributed by atoms with E-state index in [0.29, 0.717) is 22.3 Å². The predicted octanol–water partition coefficient (Wildman–Crippen LogP) is 3.35.